The Bertz CT molecular complexity index is 2200. The zero-order valence-electron chi connectivity index (χ0n) is 26.9. The van der Waals surface area contributed by atoms with E-state index in [2.05, 4.69) is 38.7 Å². The number of carbonyl (C=O) groups excluding carboxylic acids is 2. The molecule has 0 aliphatic carbocycles. The second kappa shape index (κ2) is 12.3. The molecule has 1 atom stereocenters. The van der Waals surface area contributed by atoms with Crippen LogP contribution in [0.3, 0.4) is 0 Å². The second-order valence-corrected chi connectivity index (χ2v) is 13.1. The van der Waals surface area contributed by atoms with E-state index < -0.39 is 0 Å². The summed E-state index contributed by atoms with van der Waals surface area (Å²) in [5.74, 6) is 0.814. The number of phenolic OH excluding ortho intramolecular Hbond substituents is 1. The van der Waals surface area contributed by atoms with Crippen molar-refractivity contribution >= 4 is 29.2 Å². The number of fused-ring (bicyclic) bond motifs is 1. The number of amides is 1. The van der Waals surface area contributed by atoms with Crippen LogP contribution >= 0.6 is 0 Å². The quantitative estimate of drug-likeness (QED) is 0.202. The number of aromatic hydroxyl groups is 1. The molecule has 0 saturated carbocycles. The van der Waals surface area contributed by atoms with Gasteiger partial charge in [-0.2, -0.15) is 0 Å². The zero-order chi connectivity index (χ0) is 33.5. The standard InChI is InChI=1S/C39H35N7O3/c40-35-31(7-4-18-41-35)36-43-33-15-14-32(27-5-2-1-3-6-27)42-37(33)46(36)30-12-8-26(9-13-30)22-44-19-16-39(24-44)17-20-45(25-39)38(49)28-10-11-29(23-47)34(48)21-28/h1-15,18,21,23,48H,16-17,19-20,22,24-25H2,(H2,40,41). The summed E-state index contributed by atoms with van der Waals surface area (Å²) in [6.45, 7) is 4.04. The lowest BCUT2D eigenvalue weighted by Crippen LogP contribution is -2.34. The number of anilines is 1. The van der Waals surface area contributed by atoms with Crippen molar-refractivity contribution in [3.05, 3.63) is 120 Å². The summed E-state index contributed by atoms with van der Waals surface area (Å²) >= 11 is 0. The second-order valence-electron chi connectivity index (χ2n) is 13.1. The van der Waals surface area contributed by atoms with E-state index in [0.717, 1.165) is 66.1 Å². The number of nitrogens with two attached hydrogens (primary N) is 1. The van der Waals surface area contributed by atoms with Crippen LogP contribution in [0.4, 0.5) is 5.82 Å². The molecule has 3 N–H and O–H groups in total. The van der Waals surface area contributed by atoms with E-state index in [1.807, 2.05) is 59.5 Å². The molecule has 10 heteroatoms. The number of nitrogen functional groups attached to an aromatic ring is 1. The number of nitrogens with zero attached hydrogens (tertiary/aromatic N) is 6. The van der Waals surface area contributed by atoms with Gasteiger partial charge in [-0.05, 0) is 79.5 Å². The number of hydrogen-bond acceptors (Lipinski definition) is 8. The molecule has 1 unspecified atom stereocenters. The molecule has 244 valence electrons. The maximum Gasteiger partial charge on any atom is 0.254 e. The minimum Gasteiger partial charge on any atom is -0.507 e. The van der Waals surface area contributed by atoms with Crippen LogP contribution in [-0.2, 0) is 6.54 Å². The number of aromatic nitrogens is 4. The van der Waals surface area contributed by atoms with Gasteiger partial charge in [0, 0.05) is 54.6 Å². The van der Waals surface area contributed by atoms with E-state index in [4.69, 9.17) is 15.7 Å². The Hall–Kier alpha value is -5.87. The molecule has 0 bridgehead atoms. The van der Waals surface area contributed by atoms with Crippen LogP contribution in [0.1, 0.15) is 39.1 Å². The van der Waals surface area contributed by atoms with Gasteiger partial charge in [0.2, 0.25) is 0 Å². The first-order valence-corrected chi connectivity index (χ1v) is 16.4. The molecule has 49 heavy (non-hydrogen) atoms. The van der Waals surface area contributed by atoms with Crippen LogP contribution in [0.5, 0.6) is 5.75 Å². The Morgan fingerprint density at radius 1 is 0.898 bits per heavy atom. The van der Waals surface area contributed by atoms with Gasteiger partial charge in [-0.3, -0.25) is 19.1 Å². The third-order valence-corrected chi connectivity index (χ3v) is 9.90. The first kappa shape index (κ1) is 30.5. The molecule has 3 aromatic carbocycles. The first-order valence-electron chi connectivity index (χ1n) is 16.4. The molecule has 10 nitrogen and oxygen atoms in total. The molecular weight excluding hydrogens is 614 g/mol. The van der Waals surface area contributed by atoms with Crippen molar-refractivity contribution in [3.8, 4) is 34.1 Å². The van der Waals surface area contributed by atoms with Crippen LogP contribution in [-0.4, -0.2) is 72.8 Å². The number of hydrogen-bond donors (Lipinski definition) is 2. The average molecular weight is 650 g/mol. The van der Waals surface area contributed by atoms with E-state index in [1.165, 1.54) is 17.7 Å². The highest BCUT2D eigenvalue weighted by molar-refractivity contribution is 5.96. The summed E-state index contributed by atoms with van der Waals surface area (Å²) in [7, 11) is 0. The minimum absolute atomic E-state index is 0.0524. The summed E-state index contributed by atoms with van der Waals surface area (Å²) in [6, 6.07) is 30.9. The highest BCUT2D eigenvalue weighted by Gasteiger charge is 2.44. The normalized spacial score (nSPS) is 17.7. The number of benzene rings is 3. The Balaban J connectivity index is 1.02. The Morgan fingerprint density at radius 2 is 1.71 bits per heavy atom. The summed E-state index contributed by atoms with van der Waals surface area (Å²) in [5, 5.41) is 10.1. The van der Waals surface area contributed by atoms with Crippen molar-refractivity contribution in [3.63, 3.8) is 0 Å². The third-order valence-electron chi connectivity index (χ3n) is 9.90. The Kier molecular flexibility index (Phi) is 7.64. The van der Waals surface area contributed by atoms with Crippen molar-refractivity contribution in [1.29, 1.82) is 0 Å². The third kappa shape index (κ3) is 5.70. The molecule has 2 fully saturated rings. The molecule has 2 aliphatic heterocycles. The van der Waals surface area contributed by atoms with Gasteiger partial charge >= 0.3 is 0 Å². The topological polar surface area (TPSA) is 130 Å². The van der Waals surface area contributed by atoms with Gasteiger partial charge in [0.05, 0.1) is 16.8 Å². The Labute approximate surface area is 283 Å². The van der Waals surface area contributed by atoms with E-state index >= 15 is 0 Å². The molecule has 0 radical (unpaired) electrons. The fraction of sp³-hybridized carbons (Fsp3) is 0.205. The zero-order valence-corrected chi connectivity index (χ0v) is 26.9. The Morgan fingerprint density at radius 3 is 2.49 bits per heavy atom. The van der Waals surface area contributed by atoms with Gasteiger partial charge in [0.1, 0.15) is 17.1 Å². The number of likely N-dealkylation sites (tertiary alicyclic amines) is 2. The van der Waals surface area contributed by atoms with Crippen molar-refractivity contribution < 1.29 is 14.7 Å². The van der Waals surface area contributed by atoms with E-state index in [9.17, 15) is 14.7 Å². The molecule has 6 aromatic rings. The maximum absolute atomic E-state index is 13.2. The van der Waals surface area contributed by atoms with Crippen LogP contribution in [0.25, 0.3) is 39.5 Å². The average Bonchev–Trinajstić information content (AvgIpc) is 3.85. The molecule has 1 amide bonds. The summed E-state index contributed by atoms with van der Waals surface area (Å²) in [4.78, 5) is 43.0. The number of rotatable bonds is 7. The molecule has 3 aromatic heterocycles. The highest BCUT2D eigenvalue weighted by atomic mass is 16.3. The lowest BCUT2D eigenvalue weighted by molar-refractivity contribution is 0.0772. The molecule has 2 aliphatic rings. The van der Waals surface area contributed by atoms with E-state index in [-0.39, 0.29) is 22.6 Å². The predicted octanol–water partition coefficient (Wildman–Crippen LogP) is 5.99. The minimum atomic E-state index is -0.167. The summed E-state index contributed by atoms with van der Waals surface area (Å²) in [5.41, 5.74) is 13.2. The van der Waals surface area contributed by atoms with Crippen LogP contribution in [0, 0.1) is 5.41 Å². The van der Waals surface area contributed by atoms with Crippen molar-refractivity contribution in [2.45, 2.75) is 19.4 Å². The highest BCUT2D eigenvalue weighted by Crippen LogP contribution is 2.41. The maximum atomic E-state index is 13.2. The number of pyridine rings is 2. The van der Waals surface area contributed by atoms with Crippen molar-refractivity contribution in [2.24, 2.45) is 5.41 Å². The first-order chi connectivity index (χ1) is 23.9. The fourth-order valence-electron chi connectivity index (χ4n) is 7.33. The lowest BCUT2D eigenvalue weighted by Gasteiger charge is -2.25. The molecule has 5 heterocycles. The van der Waals surface area contributed by atoms with Gasteiger partial charge in [-0.15, -0.1) is 0 Å². The predicted molar refractivity (Wildman–Crippen MR) is 188 cm³/mol. The monoisotopic (exact) mass is 649 g/mol. The van der Waals surface area contributed by atoms with Crippen LogP contribution in [0.2, 0.25) is 0 Å². The number of carbonyl (C=O) groups is 2. The van der Waals surface area contributed by atoms with Gasteiger partial charge in [-0.1, -0.05) is 42.5 Å². The number of imidazole rings is 1. The number of aldehydes is 1. The van der Waals surface area contributed by atoms with Gasteiger partial charge in [0.15, 0.2) is 17.8 Å². The summed E-state index contributed by atoms with van der Waals surface area (Å²) in [6.07, 6.45) is 4.23. The molecule has 1 spiro atoms. The molecular formula is C39H35N7O3. The van der Waals surface area contributed by atoms with Crippen molar-refractivity contribution in [2.75, 3.05) is 31.9 Å². The van der Waals surface area contributed by atoms with Crippen molar-refractivity contribution in [1.82, 2.24) is 29.3 Å². The van der Waals surface area contributed by atoms with Gasteiger partial charge in [0.25, 0.3) is 5.91 Å². The molecule has 8 rings (SSSR count). The number of phenols is 1. The largest absolute Gasteiger partial charge is 0.507 e. The van der Waals surface area contributed by atoms with E-state index in [0.29, 0.717) is 36.6 Å². The van der Waals surface area contributed by atoms with Crippen LogP contribution in [0.15, 0.2) is 103 Å². The smallest absolute Gasteiger partial charge is 0.254 e. The van der Waals surface area contributed by atoms with Gasteiger partial charge < -0.3 is 15.7 Å². The van der Waals surface area contributed by atoms with Crippen LogP contribution < -0.4 is 5.73 Å². The summed E-state index contributed by atoms with van der Waals surface area (Å²) < 4.78 is 2.06. The SMILES string of the molecule is Nc1ncccc1-c1nc2ccc(-c3ccccc3)nc2n1-c1ccc(CN2CCC3(CCN(C(=O)c4ccc(C=O)c(O)c4)C3)C2)cc1. The molecule has 2 saturated heterocycles. The fourth-order valence-corrected chi connectivity index (χ4v) is 7.33. The van der Waals surface area contributed by atoms with Gasteiger partial charge in [-0.25, -0.2) is 15.0 Å². The van der Waals surface area contributed by atoms with E-state index in [1.54, 1.807) is 12.3 Å². The lowest BCUT2D eigenvalue weighted by atomic mass is 9.86.